The maximum atomic E-state index is 12.4. The van der Waals surface area contributed by atoms with Crippen LogP contribution in [0.3, 0.4) is 0 Å². The second-order valence-corrected chi connectivity index (χ2v) is 5.83. The summed E-state index contributed by atoms with van der Waals surface area (Å²) in [5.74, 6) is 0.0281. The highest BCUT2D eigenvalue weighted by Gasteiger charge is 2.25. The topological polar surface area (TPSA) is 32.3 Å². The maximum Gasteiger partial charge on any atom is 0.255 e. The predicted octanol–water partition coefficient (Wildman–Crippen LogP) is 2.80. The Morgan fingerprint density at radius 1 is 1.56 bits per heavy atom. The Morgan fingerprint density at radius 3 is 2.89 bits per heavy atom. The number of hydrogen-bond donors (Lipinski definition) is 1. The first-order chi connectivity index (χ1) is 8.09. The molecule has 1 heterocycles. The molecule has 2 rings (SSSR count). The quantitative estimate of drug-likeness (QED) is 0.735. The molecule has 100 valence electrons. The van der Waals surface area contributed by atoms with E-state index in [1.165, 1.54) is 0 Å². The van der Waals surface area contributed by atoms with E-state index in [9.17, 15) is 4.79 Å². The van der Waals surface area contributed by atoms with Crippen molar-refractivity contribution in [3.63, 3.8) is 0 Å². The average molecular weight is 401 g/mol. The van der Waals surface area contributed by atoms with E-state index >= 15 is 0 Å². The van der Waals surface area contributed by atoms with E-state index < -0.39 is 0 Å². The first kappa shape index (κ1) is 16.0. The van der Waals surface area contributed by atoms with Crippen molar-refractivity contribution < 1.29 is 4.79 Å². The highest BCUT2D eigenvalue weighted by Crippen LogP contribution is 2.21. The minimum absolute atomic E-state index is 0. The average Bonchev–Trinajstić information content (AvgIpc) is 2.29. The van der Waals surface area contributed by atoms with Crippen LogP contribution in [-0.2, 0) is 0 Å². The van der Waals surface area contributed by atoms with Crippen molar-refractivity contribution in [2.24, 2.45) is 0 Å². The van der Waals surface area contributed by atoms with Gasteiger partial charge in [0.1, 0.15) is 0 Å². The van der Waals surface area contributed by atoms with Gasteiger partial charge in [-0.25, -0.2) is 0 Å². The molecular weight excluding hydrogens is 386 g/mol. The highest BCUT2D eigenvalue weighted by molar-refractivity contribution is 14.1. The summed E-state index contributed by atoms with van der Waals surface area (Å²) >= 11 is 8.31. The molecule has 1 aromatic carbocycles. The van der Waals surface area contributed by atoms with Gasteiger partial charge in [-0.05, 0) is 47.7 Å². The van der Waals surface area contributed by atoms with Gasteiger partial charge in [0.15, 0.2) is 0 Å². The minimum Gasteiger partial charge on any atom is -0.333 e. The molecule has 0 unspecified atom stereocenters. The third-order valence-corrected chi connectivity index (χ3v) is 3.91. The Morgan fingerprint density at radius 2 is 2.28 bits per heavy atom. The Labute approximate surface area is 132 Å². The van der Waals surface area contributed by atoms with E-state index in [-0.39, 0.29) is 24.4 Å². The van der Waals surface area contributed by atoms with Crippen molar-refractivity contribution >= 4 is 52.5 Å². The number of benzene rings is 1. The van der Waals surface area contributed by atoms with Crippen molar-refractivity contribution in [2.45, 2.75) is 13.0 Å². The number of carbonyl (C=O) groups is 1. The molecule has 1 saturated heterocycles. The van der Waals surface area contributed by atoms with Crippen molar-refractivity contribution in [1.29, 1.82) is 0 Å². The van der Waals surface area contributed by atoms with Gasteiger partial charge in [-0.1, -0.05) is 11.6 Å². The number of carbonyl (C=O) groups excluding carboxylic acids is 1. The van der Waals surface area contributed by atoms with Crippen LogP contribution in [0.25, 0.3) is 0 Å². The van der Waals surface area contributed by atoms with Crippen molar-refractivity contribution in [3.05, 3.63) is 32.4 Å². The number of nitrogens with one attached hydrogen (secondary N) is 1. The minimum atomic E-state index is 0. The van der Waals surface area contributed by atoms with E-state index in [4.69, 9.17) is 11.6 Å². The van der Waals surface area contributed by atoms with E-state index in [2.05, 4.69) is 27.9 Å². The standard InChI is InChI=1S/C12H14ClIN2O.ClH/c1-8-7-15-4-5-16(8)12(17)10-3-2-9(14)6-11(10)13;/h2-3,6,8,15H,4-5,7H2,1H3;1H/t8-;/m1./s1. The second kappa shape index (κ2) is 6.93. The van der Waals surface area contributed by atoms with Gasteiger partial charge in [-0.15, -0.1) is 12.4 Å². The number of hydrogen-bond acceptors (Lipinski definition) is 2. The van der Waals surface area contributed by atoms with Crippen LogP contribution in [0.1, 0.15) is 17.3 Å². The van der Waals surface area contributed by atoms with E-state index in [1.807, 2.05) is 24.0 Å². The number of piperazine rings is 1. The molecule has 1 amide bonds. The van der Waals surface area contributed by atoms with Crippen molar-refractivity contribution in [1.82, 2.24) is 10.2 Å². The van der Waals surface area contributed by atoms with Crippen molar-refractivity contribution in [3.8, 4) is 0 Å². The van der Waals surface area contributed by atoms with E-state index in [1.54, 1.807) is 6.07 Å². The predicted molar refractivity (Wildman–Crippen MR) is 84.8 cm³/mol. The molecule has 1 aliphatic heterocycles. The molecule has 0 spiro atoms. The Hall–Kier alpha value is -0.0400. The summed E-state index contributed by atoms with van der Waals surface area (Å²) in [6.07, 6.45) is 0. The molecule has 1 atom stereocenters. The number of nitrogens with zero attached hydrogens (tertiary/aromatic N) is 1. The lowest BCUT2D eigenvalue weighted by Gasteiger charge is -2.34. The number of rotatable bonds is 1. The fourth-order valence-electron chi connectivity index (χ4n) is 1.96. The summed E-state index contributed by atoms with van der Waals surface area (Å²) in [6.45, 7) is 4.47. The molecule has 0 aromatic heterocycles. The molecule has 0 aliphatic carbocycles. The zero-order valence-electron chi connectivity index (χ0n) is 9.95. The summed E-state index contributed by atoms with van der Waals surface area (Å²) in [6, 6.07) is 5.75. The van der Waals surface area contributed by atoms with Gasteiger partial charge in [-0.3, -0.25) is 4.79 Å². The van der Waals surface area contributed by atoms with E-state index in [0.717, 1.165) is 23.2 Å². The normalized spacial score (nSPS) is 19.3. The van der Waals surface area contributed by atoms with Crippen LogP contribution in [0, 0.1) is 3.57 Å². The number of amides is 1. The highest BCUT2D eigenvalue weighted by atomic mass is 127. The monoisotopic (exact) mass is 400 g/mol. The molecule has 0 bridgehead atoms. The van der Waals surface area contributed by atoms with Gasteiger partial charge < -0.3 is 10.2 Å². The molecule has 3 nitrogen and oxygen atoms in total. The molecule has 1 fully saturated rings. The van der Waals surface area contributed by atoms with Gasteiger partial charge in [0.2, 0.25) is 0 Å². The summed E-state index contributed by atoms with van der Waals surface area (Å²) < 4.78 is 1.04. The smallest absolute Gasteiger partial charge is 0.255 e. The van der Waals surface area contributed by atoms with Crippen LogP contribution in [0.2, 0.25) is 5.02 Å². The lowest BCUT2D eigenvalue weighted by molar-refractivity contribution is 0.0656. The maximum absolute atomic E-state index is 12.4. The fourth-order valence-corrected chi connectivity index (χ4v) is 2.90. The molecule has 0 saturated carbocycles. The third-order valence-electron chi connectivity index (χ3n) is 2.92. The van der Waals surface area contributed by atoms with Crippen LogP contribution in [0.5, 0.6) is 0 Å². The summed E-state index contributed by atoms with van der Waals surface area (Å²) in [4.78, 5) is 14.2. The van der Waals surface area contributed by atoms with Gasteiger partial charge >= 0.3 is 0 Å². The van der Waals surface area contributed by atoms with Crippen LogP contribution in [-0.4, -0.2) is 36.5 Å². The third kappa shape index (κ3) is 3.50. The lowest BCUT2D eigenvalue weighted by Crippen LogP contribution is -2.52. The van der Waals surface area contributed by atoms with Gasteiger partial charge in [-0.2, -0.15) is 0 Å². The van der Waals surface area contributed by atoms with Crippen LogP contribution < -0.4 is 5.32 Å². The molecule has 1 N–H and O–H groups in total. The summed E-state index contributed by atoms with van der Waals surface area (Å²) in [7, 11) is 0. The lowest BCUT2D eigenvalue weighted by atomic mass is 10.1. The first-order valence-corrected chi connectivity index (χ1v) is 7.02. The molecule has 1 aromatic rings. The zero-order valence-corrected chi connectivity index (χ0v) is 13.7. The first-order valence-electron chi connectivity index (χ1n) is 5.56. The van der Waals surface area contributed by atoms with E-state index in [0.29, 0.717) is 10.6 Å². The van der Waals surface area contributed by atoms with Crippen molar-refractivity contribution in [2.75, 3.05) is 19.6 Å². The van der Waals surface area contributed by atoms with Gasteiger partial charge in [0.25, 0.3) is 5.91 Å². The number of halogens is 3. The zero-order chi connectivity index (χ0) is 12.4. The molecule has 18 heavy (non-hydrogen) atoms. The van der Waals surface area contributed by atoms with Crippen LogP contribution >= 0.6 is 46.6 Å². The Kier molecular flexibility index (Phi) is 6.17. The molecule has 0 radical (unpaired) electrons. The van der Waals surface area contributed by atoms with Crippen LogP contribution in [0.4, 0.5) is 0 Å². The summed E-state index contributed by atoms with van der Waals surface area (Å²) in [5, 5.41) is 3.80. The SMILES string of the molecule is C[C@@H]1CNCCN1C(=O)c1ccc(I)cc1Cl.Cl. The molecule has 6 heteroatoms. The largest absolute Gasteiger partial charge is 0.333 e. The van der Waals surface area contributed by atoms with Gasteiger partial charge in [0, 0.05) is 29.2 Å². The fraction of sp³-hybridized carbons (Fsp3) is 0.417. The Balaban J connectivity index is 0.00000162. The van der Waals surface area contributed by atoms with Gasteiger partial charge in [0.05, 0.1) is 10.6 Å². The van der Waals surface area contributed by atoms with Crippen LogP contribution in [0.15, 0.2) is 18.2 Å². The summed E-state index contributed by atoms with van der Waals surface area (Å²) in [5.41, 5.74) is 0.598. The molecule has 1 aliphatic rings. The second-order valence-electron chi connectivity index (χ2n) is 4.18. The Bertz CT molecular complexity index is 442. The molecular formula is C12H15Cl2IN2O.